The zero-order valence-corrected chi connectivity index (χ0v) is 30.0. The Morgan fingerprint density at radius 3 is 2.22 bits per heavy atom. The summed E-state index contributed by atoms with van der Waals surface area (Å²) >= 11 is 0. The maximum Gasteiger partial charge on any atom is 0.289 e. The van der Waals surface area contributed by atoms with Gasteiger partial charge in [-0.1, -0.05) is 66.2 Å². The van der Waals surface area contributed by atoms with Gasteiger partial charge >= 0.3 is 0 Å². The number of rotatable bonds is 13. The number of carbonyl (C=O) groups excluding carboxylic acids is 6. The molecule has 5 rings (SSSR count). The fraction of sp³-hybridized carbons (Fsp3) is 0.730. The molecule has 1 aromatic rings. The maximum absolute atomic E-state index is 14.6. The van der Waals surface area contributed by atoms with Gasteiger partial charge in [-0.05, 0) is 68.1 Å². The predicted molar refractivity (Wildman–Crippen MR) is 185 cm³/mol. The molecule has 6 atom stereocenters. The summed E-state index contributed by atoms with van der Waals surface area (Å²) in [6.45, 7) is 7.87. The molecule has 50 heavy (non-hydrogen) atoms. The summed E-state index contributed by atoms with van der Waals surface area (Å²) in [7, 11) is 0. The number of ketones is 1. The second kappa shape index (κ2) is 16.4. The van der Waals surface area contributed by atoms with Crippen molar-refractivity contribution >= 4 is 35.3 Å². The highest BCUT2D eigenvalue weighted by Crippen LogP contribution is 2.43. The number of Topliss-reactive ketones (excluding diaryl/α,β-unsaturated/α-hetero) is 1. The van der Waals surface area contributed by atoms with Crippen molar-refractivity contribution in [2.24, 2.45) is 23.2 Å². The summed E-state index contributed by atoms with van der Waals surface area (Å²) in [6, 6.07) is -3.69. The highest BCUT2D eigenvalue weighted by molar-refractivity contribution is 6.38. The number of fused-ring (bicyclic) bond motifs is 1. The fourth-order valence-corrected chi connectivity index (χ4v) is 8.05. The number of nitrogens with zero attached hydrogens (tertiary/aromatic N) is 3. The quantitative estimate of drug-likeness (QED) is 0.180. The van der Waals surface area contributed by atoms with Crippen LogP contribution >= 0.6 is 0 Å². The van der Waals surface area contributed by atoms with E-state index in [0.717, 1.165) is 70.6 Å². The van der Waals surface area contributed by atoms with Crippen LogP contribution in [0, 0.1) is 23.2 Å². The van der Waals surface area contributed by atoms with E-state index in [1.807, 2.05) is 27.7 Å². The first-order valence-corrected chi connectivity index (χ1v) is 18.7. The van der Waals surface area contributed by atoms with E-state index in [1.54, 1.807) is 4.90 Å². The van der Waals surface area contributed by atoms with Gasteiger partial charge in [-0.3, -0.25) is 33.8 Å². The number of carbonyl (C=O) groups is 6. The minimum absolute atomic E-state index is 0.0126. The number of likely N-dealkylation sites (tertiary alicyclic amines) is 1. The van der Waals surface area contributed by atoms with Crippen molar-refractivity contribution < 1.29 is 28.8 Å². The molecule has 1 saturated heterocycles. The Morgan fingerprint density at radius 2 is 1.60 bits per heavy atom. The Balaban J connectivity index is 1.36. The van der Waals surface area contributed by atoms with Gasteiger partial charge < -0.3 is 26.2 Å². The van der Waals surface area contributed by atoms with Crippen molar-refractivity contribution in [3.8, 4) is 0 Å². The first-order valence-electron chi connectivity index (χ1n) is 18.7. The normalized spacial score (nSPS) is 24.2. The molecule has 2 heterocycles. The van der Waals surface area contributed by atoms with Crippen LogP contribution in [0.3, 0.4) is 0 Å². The molecular formula is C37H55N7O6. The van der Waals surface area contributed by atoms with E-state index in [9.17, 15) is 28.8 Å². The van der Waals surface area contributed by atoms with Crippen molar-refractivity contribution in [1.82, 2.24) is 36.1 Å². The third-order valence-corrected chi connectivity index (χ3v) is 10.9. The summed E-state index contributed by atoms with van der Waals surface area (Å²) in [5.41, 5.74) is -0.638. The van der Waals surface area contributed by atoms with Crippen LogP contribution in [0.25, 0.3) is 0 Å². The first kappa shape index (κ1) is 37.4. The molecule has 13 nitrogen and oxygen atoms in total. The smallest absolute Gasteiger partial charge is 0.289 e. The van der Waals surface area contributed by atoms with Gasteiger partial charge in [0.05, 0.1) is 12.2 Å². The molecular weight excluding hydrogens is 638 g/mol. The minimum Gasteiger partial charge on any atom is -0.347 e. The molecule has 0 radical (unpaired) electrons. The molecule has 0 spiro atoms. The molecule has 5 amide bonds. The highest BCUT2D eigenvalue weighted by atomic mass is 16.2. The summed E-state index contributed by atoms with van der Waals surface area (Å²) in [6.07, 6.45) is 14.9. The molecule has 0 bridgehead atoms. The third-order valence-electron chi connectivity index (χ3n) is 10.9. The molecule has 1 aromatic heterocycles. The van der Waals surface area contributed by atoms with Gasteiger partial charge in [0.1, 0.15) is 23.8 Å². The van der Waals surface area contributed by atoms with Gasteiger partial charge in [0.2, 0.25) is 23.5 Å². The molecule has 4 aliphatic rings. The lowest BCUT2D eigenvalue weighted by atomic mass is 9.84. The van der Waals surface area contributed by atoms with Crippen molar-refractivity contribution in [3.05, 3.63) is 24.3 Å². The lowest BCUT2D eigenvalue weighted by Crippen LogP contribution is -2.62. The van der Waals surface area contributed by atoms with Gasteiger partial charge in [0.15, 0.2) is 0 Å². The van der Waals surface area contributed by atoms with Crippen LogP contribution in [-0.2, 0) is 24.0 Å². The van der Waals surface area contributed by atoms with Crippen molar-refractivity contribution in [2.75, 3.05) is 6.54 Å². The SMILES string of the molecule is CCCC(NC(=O)C1C2CCCC2CN1C(=O)C(NC(=O)C(NC(=O)c1cnccn1)C1CCCCCC1)C(C)(C)C)C(=O)C(=O)NC1CC1. The molecule has 0 aromatic carbocycles. The molecule has 274 valence electrons. The lowest BCUT2D eigenvalue weighted by molar-refractivity contribution is -0.146. The van der Waals surface area contributed by atoms with E-state index in [4.69, 9.17) is 0 Å². The van der Waals surface area contributed by atoms with Crippen LogP contribution in [0.1, 0.15) is 122 Å². The maximum atomic E-state index is 14.6. The Hall–Kier alpha value is -3.90. The zero-order valence-electron chi connectivity index (χ0n) is 30.0. The third kappa shape index (κ3) is 9.06. The molecule has 1 aliphatic heterocycles. The molecule has 3 aliphatic carbocycles. The highest BCUT2D eigenvalue weighted by Gasteiger charge is 2.52. The summed E-state index contributed by atoms with van der Waals surface area (Å²) in [4.78, 5) is 91.8. The summed E-state index contributed by atoms with van der Waals surface area (Å²) in [5.74, 6) is -3.20. The van der Waals surface area contributed by atoms with Gasteiger partial charge in [-0.15, -0.1) is 0 Å². The topological polar surface area (TPSA) is 180 Å². The van der Waals surface area contributed by atoms with E-state index < -0.39 is 59.0 Å². The molecule has 4 fully saturated rings. The Morgan fingerprint density at radius 1 is 0.880 bits per heavy atom. The zero-order chi connectivity index (χ0) is 36.0. The summed E-state index contributed by atoms with van der Waals surface area (Å²) < 4.78 is 0. The van der Waals surface area contributed by atoms with E-state index in [2.05, 4.69) is 31.2 Å². The number of nitrogens with one attached hydrogen (secondary N) is 4. The van der Waals surface area contributed by atoms with Crippen LogP contribution in [0.5, 0.6) is 0 Å². The van der Waals surface area contributed by atoms with Gasteiger partial charge in [0.25, 0.3) is 11.8 Å². The molecule has 13 heteroatoms. The fourth-order valence-electron chi connectivity index (χ4n) is 8.05. The number of aromatic nitrogens is 2. The lowest BCUT2D eigenvalue weighted by Gasteiger charge is -2.38. The van der Waals surface area contributed by atoms with Crippen LogP contribution in [0.4, 0.5) is 0 Å². The second-order valence-electron chi connectivity index (χ2n) is 15.9. The van der Waals surface area contributed by atoms with Crippen molar-refractivity contribution in [3.63, 3.8) is 0 Å². The average molecular weight is 694 g/mol. The van der Waals surface area contributed by atoms with E-state index in [0.29, 0.717) is 19.4 Å². The van der Waals surface area contributed by atoms with Crippen LogP contribution in [0.15, 0.2) is 18.6 Å². The second-order valence-corrected chi connectivity index (χ2v) is 15.9. The Labute approximate surface area is 295 Å². The minimum atomic E-state index is -0.997. The van der Waals surface area contributed by atoms with Crippen molar-refractivity contribution in [1.29, 1.82) is 0 Å². The molecule has 4 N–H and O–H groups in total. The summed E-state index contributed by atoms with van der Waals surface area (Å²) in [5, 5.41) is 11.5. The number of hydrogen-bond acceptors (Lipinski definition) is 8. The van der Waals surface area contributed by atoms with Crippen LogP contribution in [0.2, 0.25) is 0 Å². The predicted octanol–water partition coefficient (Wildman–Crippen LogP) is 2.84. The Kier molecular flexibility index (Phi) is 12.3. The van der Waals surface area contributed by atoms with E-state index >= 15 is 0 Å². The first-order chi connectivity index (χ1) is 23.9. The van der Waals surface area contributed by atoms with Crippen LogP contribution in [-0.4, -0.2) is 86.9 Å². The van der Waals surface area contributed by atoms with Crippen LogP contribution < -0.4 is 21.3 Å². The van der Waals surface area contributed by atoms with Gasteiger partial charge in [-0.25, -0.2) is 4.98 Å². The van der Waals surface area contributed by atoms with Crippen molar-refractivity contribution in [2.45, 2.75) is 141 Å². The largest absolute Gasteiger partial charge is 0.347 e. The number of hydrogen-bond donors (Lipinski definition) is 4. The van der Waals surface area contributed by atoms with E-state index in [1.165, 1.54) is 18.6 Å². The Bertz CT molecular complexity index is 1400. The average Bonchev–Trinajstić information content (AvgIpc) is 3.75. The number of amides is 5. The standard InChI is InChI=1S/C37H55N7O6/c1-5-11-26(30(45)35(49)40-24-16-17-24)41-34(48)29-25-15-10-14-23(25)21-44(29)36(50)31(37(2,3)4)43-33(47)28(22-12-8-6-7-9-13-22)42-32(46)27-20-38-18-19-39-27/h18-20,22-26,28-29,31H,5-17,21H2,1-4H3,(H,40,49)(H,41,48)(H,42,46)(H,43,47). The molecule has 3 saturated carbocycles. The van der Waals surface area contributed by atoms with E-state index in [-0.39, 0.29) is 35.4 Å². The van der Waals surface area contributed by atoms with Gasteiger partial charge in [0, 0.05) is 25.0 Å². The monoisotopic (exact) mass is 693 g/mol. The molecule has 6 unspecified atom stereocenters. The van der Waals surface area contributed by atoms with Gasteiger partial charge in [-0.2, -0.15) is 0 Å².